The molecule has 0 radical (unpaired) electrons. The van der Waals surface area contributed by atoms with E-state index in [-0.39, 0.29) is 22.9 Å². The number of ether oxygens (including phenoxy) is 2. The Morgan fingerprint density at radius 2 is 1.84 bits per heavy atom. The van der Waals surface area contributed by atoms with Crippen LogP contribution in [0.3, 0.4) is 0 Å². The Morgan fingerprint density at radius 1 is 1.06 bits per heavy atom. The lowest BCUT2D eigenvalue weighted by Gasteiger charge is -2.14. The third-order valence-electron chi connectivity index (χ3n) is 4.57. The molecular weight excluding hydrogens is 416 g/mol. The fraction of sp³-hybridized carbons (Fsp3) is 0.0455. The van der Waals surface area contributed by atoms with Crippen LogP contribution in [-0.4, -0.2) is 28.8 Å². The number of nitrogens with zero attached hydrogens (tertiary/aromatic N) is 3. The van der Waals surface area contributed by atoms with E-state index in [0.717, 1.165) is 11.2 Å². The van der Waals surface area contributed by atoms with Crippen LogP contribution in [0.2, 0.25) is 0 Å². The Kier molecular flexibility index (Phi) is 5.49. The van der Waals surface area contributed by atoms with Crippen molar-refractivity contribution in [1.29, 1.82) is 0 Å². The molecule has 0 unspecified atom stereocenters. The molecule has 32 heavy (non-hydrogen) atoms. The number of methoxy groups -OCH3 is 1. The van der Waals surface area contributed by atoms with Gasteiger partial charge in [0.2, 0.25) is 5.88 Å². The zero-order valence-electron chi connectivity index (χ0n) is 16.7. The molecule has 10 heteroatoms. The Balaban J connectivity index is 1.69. The van der Waals surface area contributed by atoms with Gasteiger partial charge in [-0.15, -0.1) is 0 Å². The zero-order chi connectivity index (χ0) is 22.7. The number of benzene rings is 2. The predicted octanol–water partition coefficient (Wildman–Crippen LogP) is 3.25. The molecule has 2 heterocycles. The van der Waals surface area contributed by atoms with Gasteiger partial charge in [-0.3, -0.25) is 25.1 Å². The Labute approximate surface area is 181 Å². The van der Waals surface area contributed by atoms with E-state index in [4.69, 9.17) is 9.47 Å². The minimum Gasteiger partial charge on any atom is -0.493 e. The van der Waals surface area contributed by atoms with Crippen LogP contribution in [0.1, 0.15) is 5.56 Å². The average molecular weight is 432 g/mol. The van der Waals surface area contributed by atoms with Crippen molar-refractivity contribution in [2.45, 2.75) is 0 Å². The van der Waals surface area contributed by atoms with Crippen LogP contribution in [0.5, 0.6) is 17.4 Å². The van der Waals surface area contributed by atoms with Crippen molar-refractivity contribution in [2.24, 2.45) is 0 Å². The van der Waals surface area contributed by atoms with Crippen LogP contribution >= 0.6 is 0 Å². The van der Waals surface area contributed by atoms with Gasteiger partial charge in [-0.2, -0.15) is 0 Å². The van der Waals surface area contributed by atoms with Gasteiger partial charge in [0, 0.05) is 17.7 Å². The number of para-hydroxylation sites is 2. The highest BCUT2D eigenvalue weighted by Gasteiger charge is 2.34. The molecule has 2 aromatic carbocycles. The van der Waals surface area contributed by atoms with Gasteiger partial charge in [0.25, 0.3) is 17.5 Å². The molecule has 1 aliphatic heterocycles. The number of anilines is 1. The molecule has 0 spiro atoms. The Bertz CT molecular complexity index is 1220. The van der Waals surface area contributed by atoms with Crippen LogP contribution in [0, 0.1) is 10.1 Å². The molecule has 0 bridgehead atoms. The van der Waals surface area contributed by atoms with E-state index < -0.39 is 16.7 Å². The summed E-state index contributed by atoms with van der Waals surface area (Å²) in [6.07, 6.45) is 2.46. The number of nitrogens with one attached hydrogen (secondary N) is 1. The quantitative estimate of drug-likeness (QED) is 0.274. The number of nitro groups is 1. The average Bonchev–Trinajstić information content (AvgIpc) is 3.09. The number of hydrogen-bond donors (Lipinski definition) is 1. The van der Waals surface area contributed by atoms with Crippen LogP contribution in [0.25, 0.3) is 6.08 Å². The summed E-state index contributed by atoms with van der Waals surface area (Å²) in [5.74, 6) is -0.495. The summed E-state index contributed by atoms with van der Waals surface area (Å²) in [6.45, 7) is 0. The van der Waals surface area contributed by atoms with Gasteiger partial charge in [-0.05, 0) is 24.3 Å². The van der Waals surface area contributed by atoms with Crippen molar-refractivity contribution in [3.8, 4) is 17.4 Å². The van der Waals surface area contributed by atoms with E-state index in [9.17, 15) is 19.7 Å². The maximum Gasteiger partial charge on any atom is 0.287 e. The largest absolute Gasteiger partial charge is 0.493 e. The van der Waals surface area contributed by atoms with Gasteiger partial charge in [-0.25, -0.2) is 9.99 Å². The lowest BCUT2D eigenvalue weighted by molar-refractivity contribution is -0.385. The van der Waals surface area contributed by atoms with E-state index in [1.165, 1.54) is 25.3 Å². The normalized spacial score (nSPS) is 14.4. The minimum atomic E-state index is -0.571. The van der Waals surface area contributed by atoms with Gasteiger partial charge in [-0.1, -0.05) is 30.3 Å². The van der Waals surface area contributed by atoms with Crippen LogP contribution in [-0.2, 0) is 9.59 Å². The number of carbonyl (C=O) groups excluding carboxylic acids is 2. The summed E-state index contributed by atoms with van der Waals surface area (Å²) in [7, 11) is 1.44. The summed E-state index contributed by atoms with van der Waals surface area (Å²) in [4.78, 5) is 39.6. The number of aromatic nitrogens is 1. The van der Waals surface area contributed by atoms with Crippen molar-refractivity contribution in [2.75, 3.05) is 12.1 Å². The number of pyridine rings is 1. The Hall–Kier alpha value is -4.73. The van der Waals surface area contributed by atoms with Crippen molar-refractivity contribution < 1.29 is 24.0 Å². The number of rotatable bonds is 6. The van der Waals surface area contributed by atoms with E-state index >= 15 is 0 Å². The molecule has 4 rings (SSSR count). The first-order valence-electron chi connectivity index (χ1n) is 9.35. The molecule has 10 nitrogen and oxygen atoms in total. The summed E-state index contributed by atoms with van der Waals surface area (Å²) in [5, 5.41) is 12.0. The van der Waals surface area contributed by atoms with Crippen molar-refractivity contribution >= 4 is 29.3 Å². The second-order valence-electron chi connectivity index (χ2n) is 6.57. The maximum absolute atomic E-state index is 12.9. The third kappa shape index (κ3) is 3.97. The summed E-state index contributed by atoms with van der Waals surface area (Å²) in [5.41, 5.74) is 3.16. The van der Waals surface area contributed by atoms with Gasteiger partial charge < -0.3 is 9.47 Å². The molecule has 160 valence electrons. The van der Waals surface area contributed by atoms with E-state index in [2.05, 4.69) is 10.4 Å². The van der Waals surface area contributed by atoms with E-state index in [1.807, 2.05) is 0 Å². The molecule has 1 saturated heterocycles. The maximum atomic E-state index is 12.9. The highest BCUT2D eigenvalue weighted by Crippen LogP contribution is 2.36. The molecule has 3 aromatic rings. The van der Waals surface area contributed by atoms with Gasteiger partial charge in [0.1, 0.15) is 11.8 Å². The van der Waals surface area contributed by atoms with E-state index in [0.29, 0.717) is 17.0 Å². The van der Waals surface area contributed by atoms with Crippen molar-refractivity contribution in [1.82, 2.24) is 10.4 Å². The first-order valence-corrected chi connectivity index (χ1v) is 9.35. The highest BCUT2D eigenvalue weighted by atomic mass is 16.6. The molecule has 2 amide bonds. The van der Waals surface area contributed by atoms with Crippen molar-refractivity contribution in [3.05, 3.63) is 88.1 Å². The highest BCUT2D eigenvalue weighted by molar-refractivity contribution is 6.31. The number of carbonyl (C=O) groups is 2. The van der Waals surface area contributed by atoms with Gasteiger partial charge in [0.15, 0.2) is 11.5 Å². The molecule has 0 atom stereocenters. The molecule has 1 N–H and O–H groups in total. The Morgan fingerprint density at radius 3 is 2.50 bits per heavy atom. The SMILES string of the molecule is COc1cccc(/C=C2/C(=O)NN(c3ccccc3)C2=O)c1Oc1ccc([N+](=O)[O-])cn1. The van der Waals surface area contributed by atoms with Gasteiger partial charge >= 0.3 is 0 Å². The molecule has 1 aliphatic rings. The smallest absolute Gasteiger partial charge is 0.287 e. The zero-order valence-corrected chi connectivity index (χ0v) is 16.7. The lowest BCUT2D eigenvalue weighted by atomic mass is 10.1. The molecular formula is C22H16N4O6. The fourth-order valence-electron chi connectivity index (χ4n) is 3.03. The topological polar surface area (TPSA) is 124 Å². The number of hydrogen-bond acceptors (Lipinski definition) is 7. The molecule has 0 saturated carbocycles. The molecule has 1 aromatic heterocycles. The predicted molar refractivity (Wildman–Crippen MR) is 114 cm³/mol. The first-order chi connectivity index (χ1) is 15.5. The lowest BCUT2D eigenvalue weighted by Crippen LogP contribution is -2.35. The van der Waals surface area contributed by atoms with Crippen LogP contribution < -0.4 is 19.9 Å². The van der Waals surface area contributed by atoms with Crippen molar-refractivity contribution in [3.63, 3.8) is 0 Å². The molecule has 1 fully saturated rings. The van der Waals surface area contributed by atoms with Crippen LogP contribution in [0.4, 0.5) is 11.4 Å². The summed E-state index contributed by atoms with van der Waals surface area (Å²) >= 11 is 0. The van der Waals surface area contributed by atoms with E-state index in [1.54, 1.807) is 48.5 Å². The number of amides is 2. The standard InChI is InChI=1S/C22H16N4O6/c1-31-18-9-5-6-14(20(18)32-19-11-10-16(13-23-19)26(29)30)12-17-21(27)24-25(22(17)28)15-7-3-2-4-8-15/h2-13H,1H3,(H,24,27)/b17-12-. The minimum absolute atomic E-state index is 0.0767. The number of hydrazine groups is 1. The van der Waals surface area contributed by atoms with Crippen LogP contribution in [0.15, 0.2) is 72.4 Å². The van der Waals surface area contributed by atoms with Gasteiger partial charge in [0.05, 0.1) is 17.7 Å². The first kappa shape index (κ1) is 20.5. The fourth-order valence-corrected chi connectivity index (χ4v) is 3.03. The summed E-state index contributed by atoms with van der Waals surface area (Å²) < 4.78 is 11.1. The second kappa shape index (κ2) is 8.56. The summed E-state index contributed by atoms with van der Waals surface area (Å²) in [6, 6.07) is 16.2. The second-order valence-corrected chi connectivity index (χ2v) is 6.57. The monoisotopic (exact) mass is 432 g/mol. The third-order valence-corrected chi connectivity index (χ3v) is 4.57. The molecule has 0 aliphatic carbocycles.